The molecule has 0 unspecified atom stereocenters. The number of hydrogen-bond acceptors (Lipinski definition) is 5. The van der Waals surface area contributed by atoms with Crippen molar-refractivity contribution in [3.05, 3.63) is 107 Å². The van der Waals surface area contributed by atoms with Gasteiger partial charge in [-0.15, -0.1) is 0 Å². The summed E-state index contributed by atoms with van der Waals surface area (Å²) >= 11 is 0. The summed E-state index contributed by atoms with van der Waals surface area (Å²) in [5.74, 6) is 0.704. The lowest BCUT2D eigenvalue weighted by Gasteiger charge is -2.05. The number of hydrogen-bond donors (Lipinski definition) is 0. The summed E-state index contributed by atoms with van der Waals surface area (Å²) < 4.78 is 16.2. The first-order valence-electron chi connectivity index (χ1n) is 9.75. The molecule has 0 aromatic heterocycles. The normalized spacial score (nSPS) is 13.8. The van der Waals surface area contributed by atoms with Gasteiger partial charge in [0, 0.05) is 6.07 Å². The van der Waals surface area contributed by atoms with E-state index in [0.29, 0.717) is 29.2 Å². The number of rotatable bonds is 6. The number of methoxy groups -OCH3 is 1. The van der Waals surface area contributed by atoms with E-state index in [1.54, 1.807) is 48.5 Å². The molecule has 1 aliphatic rings. The highest BCUT2D eigenvalue weighted by molar-refractivity contribution is 6.14. The van der Waals surface area contributed by atoms with Crippen molar-refractivity contribution >= 4 is 23.9 Å². The molecule has 31 heavy (non-hydrogen) atoms. The summed E-state index contributed by atoms with van der Waals surface area (Å²) in [5, 5.41) is 0. The van der Waals surface area contributed by atoms with Crippen LogP contribution in [0.4, 0.5) is 0 Å². The Hall–Kier alpha value is -4.12. The number of allylic oxidation sites excluding steroid dienone is 1. The Bertz CT molecular complexity index is 1160. The van der Waals surface area contributed by atoms with E-state index in [9.17, 15) is 9.59 Å². The number of carbonyl (C=O) groups is 2. The molecule has 5 heteroatoms. The largest absolute Gasteiger partial charge is 0.489 e. The Kier molecular flexibility index (Phi) is 5.94. The highest BCUT2D eigenvalue weighted by atomic mass is 16.5. The van der Waals surface area contributed by atoms with Crippen molar-refractivity contribution < 1.29 is 23.8 Å². The second kappa shape index (κ2) is 9.13. The lowest BCUT2D eigenvalue weighted by atomic mass is 10.1. The fourth-order valence-electron chi connectivity index (χ4n) is 3.13. The highest BCUT2D eigenvalue weighted by Gasteiger charge is 2.27. The van der Waals surface area contributed by atoms with Crippen molar-refractivity contribution in [2.75, 3.05) is 13.7 Å². The van der Waals surface area contributed by atoms with E-state index in [1.807, 2.05) is 42.5 Å². The van der Waals surface area contributed by atoms with Crippen LogP contribution < -0.4 is 9.47 Å². The van der Waals surface area contributed by atoms with Gasteiger partial charge in [0.2, 0.25) is 5.78 Å². The fourth-order valence-corrected chi connectivity index (χ4v) is 3.13. The number of esters is 1. The van der Waals surface area contributed by atoms with Gasteiger partial charge in [-0.3, -0.25) is 4.79 Å². The molecule has 154 valence electrons. The minimum atomic E-state index is -0.411. The number of carbonyl (C=O) groups excluding carboxylic acids is 2. The van der Waals surface area contributed by atoms with E-state index >= 15 is 0 Å². The van der Waals surface area contributed by atoms with Crippen LogP contribution in [-0.2, 0) is 4.74 Å². The van der Waals surface area contributed by atoms with Crippen LogP contribution in [0.25, 0.3) is 12.2 Å². The third kappa shape index (κ3) is 4.73. The van der Waals surface area contributed by atoms with Gasteiger partial charge in [0.05, 0.1) is 18.2 Å². The van der Waals surface area contributed by atoms with Crippen molar-refractivity contribution in [2.24, 2.45) is 0 Å². The van der Waals surface area contributed by atoms with Crippen LogP contribution in [0.5, 0.6) is 11.5 Å². The molecule has 0 N–H and O–H groups in total. The lowest BCUT2D eigenvalue weighted by Crippen LogP contribution is -2.01. The number of Topliss-reactive ketones (excluding diaryl/α,β-unsaturated/α-hetero) is 1. The molecule has 0 aliphatic carbocycles. The van der Waals surface area contributed by atoms with Crippen molar-refractivity contribution in [1.82, 2.24) is 0 Å². The zero-order valence-corrected chi connectivity index (χ0v) is 16.9. The molecular weight excluding hydrogens is 392 g/mol. The first-order chi connectivity index (χ1) is 15.1. The number of ether oxygens (including phenoxy) is 3. The zero-order chi connectivity index (χ0) is 21.6. The Balaban J connectivity index is 1.42. The monoisotopic (exact) mass is 412 g/mol. The van der Waals surface area contributed by atoms with Gasteiger partial charge in [0.15, 0.2) is 5.76 Å². The summed E-state index contributed by atoms with van der Waals surface area (Å²) in [5.41, 5.74) is 2.77. The van der Waals surface area contributed by atoms with Crippen molar-refractivity contribution in [2.45, 2.75) is 0 Å². The van der Waals surface area contributed by atoms with Crippen molar-refractivity contribution in [3.63, 3.8) is 0 Å². The molecule has 4 rings (SSSR count). The van der Waals surface area contributed by atoms with Gasteiger partial charge in [-0.05, 0) is 47.5 Å². The smallest absolute Gasteiger partial charge is 0.337 e. The average Bonchev–Trinajstić information content (AvgIpc) is 3.12. The number of ketones is 1. The molecule has 1 heterocycles. The molecule has 0 radical (unpaired) electrons. The van der Waals surface area contributed by atoms with Crippen LogP contribution in [0, 0.1) is 0 Å². The average molecular weight is 412 g/mol. The van der Waals surface area contributed by atoms with Gasteiger partial charge in [0.25, 0.3) is 0 Å². The standard InChI is InChI=1S/C26H20O5/c1-29-26(28)20-11-9-19(10-12-20)16-24-25(27)22-14-13-21(17-23(22)31-24)30-15-5-8-18-6-3-2-4-7-18/h2-14,16-17H,15H2,1H3/b8-5+,24-16-. The van der Waals surface area contributed by atoms with E-state index in [1.165, 1.54) is 7.11 Å². The molecule has 0 fully saturated rings. The molecule has 3 aromatic rings. The summed E-state index contributed by atoms with van der Waals surface area (Å²) in [6, 6.07) is 21.9. The van der Waals surface area contributed by atoms with Crippen LogP contribution in [0.2, 0.25) is 0 Å². The molecule has 3 aromatic carbocycles. The lowest BCUT2D eigenvalue weighted by molar-refractivity contribution is 0.0600. The molecule has 0 atom stereocenters. The molecular formula is C26H20O5. The Morgan fingerprint density at radius 3 is 2.48 bits per heavy atom. The Morgan fingerprint density at radius 2 is 1.74 bits per heavy atom. The molecule has 1 aliphatic heterocycles. The molecule has 0 bridgehead atoms. The van der Waals surface area contributed by atoms with E-state index < -0.39 is 5.97 Å². The zero-order valence-electron chi connectivity index (χ0n) is 16.9. The van der Waals surface area contributed by atoms with Crippen molar-refractivity contribution in [3.8, 4) is 11.5 Å². The minimum absolute atomic E-state index is 0.192. The molecule has 0 spiro atoms. The summed E-state index contributed by atoms with van der Waals surface area (Å²) in [4.78, 5) is 24.2. The Morgan fingerprint density at radius 1 is 0.968 bits per heavy atom. The van der Waals surface area contributed by atoms with E-state index in [0.717, 1.165) is 11.1 Å². The summed E-state index contributed by atoms with van der Waals surface area (Å²) in [7, 11) is 1.33. The maximum atomic E-state index is 12.6. The van der Waals surface area contributed by atoms with Gasteiger partial charge >= 0.3 is 5.97 Å². The maximum absolute atomic E-state index is 12.6. The second-order valence-electron chi connectivity index (χ2n) is 6.84. The number of benzene rings is 3. The summed E-state index contributed by atoms with van der Waals surface area (Å²) in [6.07, 6.45) is 5.56. The van der Waals surface area contributed by atoms with Gasteiger partial charge in [-0.2, -0.15) is 0 Å². The van der Waals surface area contributed by atoms with E-state index in [2.05, 4.69) is 4.74 Å². The molecule has 5 nitrogen and oxygen atoms in total. The minimum Gasteiger partial charge on any atom is -0.489 e. The van der Waals surface area contributed by atoms with Crippen LogP contribution >= 0.6 is 0 Å². The SMILES string of the molecule is COC(=O)c1ccc(/C=C2\Oc3cc(OC/C=C/c4ccccc4)ccc3C2=O)cc1. The maximum Gasteiger partial charge on any atom is 0.337 e. The molecule has 0 saturated heterocycles. The van der Waals surface area contributed by atoms with Gasteiger partial charge in [-0.1, -0.05) is 48.5 Å². The van der Waals surface area contributed by atoms with Crippen LogP contribution in [-0.4, -0.2) is 25.5 Å². The quantitative estimate of drug-likeness (QED) is 0.412. The number of fused-ring (bicyclic) bond motifs is 1. The van der Waals surface area contributed by atoms with Crippen LogP contribution in [0.3, 0.4) is 0 Å². The first-order valence-corrected chi connectivity index (χ1v) is 9.75. The van der Waals surface area contributed by atoms with E-state index in [-0.39, 0.29) is 11.5 Å². The highest BCUT2D eigenvalue weighted by Crippen LogP contribution is 2.35. The topological polar surface area (TPSA) is 61.8 Å². The van der Waals surface area contributed by atoms with E-state index in [4.69, 9.17) is 9.47 Å². The molecule has 0 amide bonds. The Labute approximate surface area is 180 Å². The van der Waals surface area contributed by atoms with Gasteiger partial charge in [-0.25, -0.2) is 4.79 Å². The van der Waals surface area contributed by atoms with Gasteiger partial charge in [0.1, 0.15) is 18.1 Å². The predicted octanol–water partition coefficient (Wildman–Crippen LogP) is 5.18. The first kappa shape index (κ1) is 20.2. The van der Waals surface area contributed by atoms with Crippen LogP contribution in [0.1, 0.15) is 31.8 Å². The second-order valence-corrected chi connectivity index (χ2v) is 6.84. The van der Waals surface area contributed by atoms with Crippen LogP contribution in [0.15, 0.2) is 84.6 Å². The van der Waals surface area contributed by atoms with Crippen molar-refractivity contribution in [1.29, 1.82) is 0 Å². The van der Waals surface area contributed by atoms with Gasteiger partial charge < -0.3 is 14.2 Å². The third-order valence-electron chi connectivity index (χ3n) is 4.73. The predicted molar refractivity (Wildman–Crippen MR) is 118 cm³/mol. The molecule has 0 saturated carbocycles. The summed E-state index contributed by atoms with van der Waals surface area (Å²) in [6.45, 7) is 0.400. The fraction of sp³-hybridized carbons (Fsp3) is 0.0769. The third-order valence-corrected chi connectivity index (χ3v) is 4.73.